The van der Waals surface area contributed by atoms with Crippen LogP contribution < -0.4 is 0 Å². The lowest BCUT2D eigenvalue weighted by Crippen LogP contribution is -2.49. The topological polar surface area (TPSA) is 43.9 Å². The summed E-state index contributed by atoms with van der Waals surface area (Å²) < 4.78 is 0. The predicted molar refractivity (Wildman–Crippen MR) is 104 cm³/mol. The van der Waals surface area contributed by atoms with Gasteiger partial charge in [-0.05, 0) is 26.3 Å². The van der Waals surface area contributed by atoms with Crippen LogP contribution in [0.1, 0.15) is 72.6 Å². The monoisotopic (exact) mass is 353 g/mol. The molecule has 25 heavy (non-hydrogen) atoms. The molecule has 0 aliphatic carbocycles. The summed E-state index contributed by atoms with van der Waals surface area (Å²) >= 11 is 0. The third-order valence-electron chi connectivity index (χ3n) is 5.43. The normalized spacial score (nSPS) is 16.7. The molecule has 1 atom stereocenters. The first-order chi connectivity index (χ1) is 12.0. The number of rotatable bonds is 11. The van der Waals surface area contributed by atoms with E-state index in [1.807, 2.05) is 9.80 Å². The Balaban J connectivity index is 2.44. The third-order valence-corrected chi connectivity index (χ3v) is 5.43. The van der Waals surface area contributed by atoms with E-state index < -0.39 is 0 Å². The summed E-state index contributed by atoms with van der Waals surface area (Å²) in [6, 6.07) is 0.211. The fourth-order valence-corrected chi connectivity index (χ4v) is 3.35. The van der Waals surface area contributed by atoms with E-state index in [4.69, 9.17) is 0 Å². The zero-order valence-electron chi connectivity index (χ0n) is 16.9. The molecule has 0 saturated carbocycles. The van der Waals surface area contributed by atoms with E-state index in [1.54, 1.807) is 0 Å². The van der Waals surface area contributed by atoms with Crippen molar-refractivity contribution in [3.05, 3.63) is 0 Å². The summed E-state index contributed by atoms with van der Waals surface area (Å²) in [5, 5.41) is 0. The molecule has 2 amide bonds. The van der Waals surface area contributed by atoms with Crippen molar-refractivity contribution < 1.29 is 9.59 Å². The molecule has 0 aromatic carbocycles. The van der Waals surface area contributed by atoms with Gasteiger partial charge in [0.05, 0.1) is 0 Å². The Morgan fingerprint density at radius 3 is 2.20 bits per heavy atom. The van der Waals surface area contributed by atoms with Crippen LogP contribution in [-0.2, 0) is 9.59 Å². The first kappa shape index (κ1) is 21.9. The lowest BCUT2D eigenvalue weighted by molar-refractivity contribution is -0.136. The van der Waals surface area contributed by atoms with E-state index in [1.165, 1.54) is 12.8 Å². The van der Waals surface area contributed by atoms with Crippen molar-refractivity contribution in [3.8, 4) is 0 Å². The highest BCUT2D eigenvalue weighted by molar-refractivity contribution is 5.79. The van der Waals surface area contributed by atoms with Gasteiger partial charge in [-0.25, -0.2) is 0 Å². The van der Waals surface area contributed by atoms with Gasteiger partial charge < -0.3 is 14.7 Å². The van der Waals surface area contributed by atoms with Crippen LogP contribution in [0.3, 0.4) is 0 Å². The largest absolute Gasteiger partial charge is 0.340 e. The second kappa shape index (κ2) is 12.3. The van der Waals surface area contributed by atoms with E-state index >= 15 is 0 Å². The molecular weight excluding hydrogens is 314 g/mol. The predicted octanol–water partition coefficient (Wildman–Crippen LogP) is 3.14. The molecule has 1 aliphatic rings. The van der Waals surface area contributed by atoms with Crippen molar-refractivity contribution in [1.82, 2.24) is 14.7 Å². The minimum Gasteiger partial charge on any atom is -0.340 e. The number of unbranched alkanes of at least 4 members (excludes halogenated alkanes) is 3. The SMILES string of the molecule is CCCCCCC(=O)N(CCC(=O)N1CCN(CC)CC1)C(C)CC. The number of piperazine rings is 1. The number of nitrogens with zero attached hydrogens (tertiary/aromatic N) is 3. The number of carbonyl (C=O) groups excluding carboxylic acids is 2. The van der Waals surface area contributed by atoms with Gasteiger partial charge in [-0.1, -0.05) is 40.0 Å². The third kappa shape index (κ3) is 7.76. The lowest BCUT2D eigenvalue weighted by Gasteiger charge is -2.35. The van der Waals surface area contributed by atoms with Crippen LogP contribution in [0.2, 0.25) is 0 Å². The Hall–Kier alpha value is -1.10. The van der Waals surface area contributed by atoms with Crippen molar-refractivity contribution in [2.75, 3.05) is 39.3 Å². The number of hydrogen-bond donors (Lipinski definition) is 0. The van der Waals surface area contributed by atoms with Gasteiger partial charge in [-0.2, -0.15) is 0 Å². The van der Waals surface area contributed by atoms with Crippen molar-refractivity contribution >= 4 is 11.8 Å². The Labute approximate surface area is 154 Å². The summed E-state index contributed by atoms with van der Waals surface area (Å²) in [5.74, 6) is 0.414. The van der Waals surface area contributed by atoms with E-state index in [0.717, 1.165) is 52.0 Å². The summed E-state index contributed by atoms with van der Waals surface area (Å²) in [6.45, 7) is 13.7. The molecule has 1 rings (SSSR count). The minimum atomic E-state index is 0.197. The van der Waals surface area contributed by atoms with Gasteiger partial charge in [0.15, 0.2) is 0 Å². The zero-order valence-corrected chi connectivity index (χ0v) is 16.9. The Bertz CT molecular complexity index is 392. The number of carbonyl (C=O) groups is 2. The average molecular weight is 354 g/mol. The first-order valence-corrected chi connectivity index (χ1v) is 10.3. The number of amides is 2. The van der Waals surface area contributed by atoms with Gasteiger partial charge in [0.25, 0.3) is 0 Å². The molecule has 5 heteroatoms. The molecule has 0 aromatic heterocycles. The fourth-order valence-electron chi connectivity index (χ4n) is 3.35. The molecule has 1 aliphatic heterocycles. The van der Waals surface area contributed by atoms with Crippen molar-refractivity contribution in [3.63, 3.8) is 0 Å². The minimum absolute atomic E-state index is 0.197. The smallest absolute Gasteiger partial charge is 0.224 e. The fraction of sp³-hybridized carbons (Fsp3) is 0.900. The highest BCUT2D eigenvalue weighted by atomic mass is 16.2. The van der Waals surface area contributed by atoms with Crippen LogP contribution in [0.25, 0.3) is 0 Å². The quantitative estimate of drug-likeness (QED) is 0.536. The molecule has 1 heterocycles. The average Bonchev–Trinajstić information content (AvgIpc) is 2.64. The van der Waals surface area contributed by atoms with Gasteiger partial charge in [0.2, 0.25) is 11.8 Å². The maximum absolute atomic E-state index is 12.6. The maximum atomic E-state index is 12.6. The standard InChI is InChI=1S/C20H39N3O2/c1-5-8-9-10-11-20(25)23(18(4)6-2)13-12-19(24)22-16-14-21(7-3)15-17-22/h18H,5-17H2,1-4H3. The number of hydrogen-bond acceptors (Lipinski definition) is 3. The molecule has 0 N–H and O–H groups in total. The molecule has 1 fully saturated rings. The van der Waals surface area contributed by atoms with Gasteiger partial charge in [0, 0.05) is 51.6 Å². The summed E-state index contributed by atoms with van der Waals surface area (Å²) in [6.07, 6.45) is 6.47. The van der Waals surface area contributed by atoms with Crippen LogP contribution in [-0.4, -0.2) is 71.8 Å². The highest BCUT2D eigenvalue weighted by Gasteiger charge is 2.23. The van der Waals surface area contributed by atoms with E-state index in [0.29, 0.717) is 19.4 Å². The van der Waals surface area contributed by atoms with Crippen molar-refractivity contribution in [2.24, 2.45) is 0 Å². The van der Waals surface area contributed by atoms with Crippen LogP contribution in [0.5, 0.6) is 0 Å². The van der Waals surface area contributed by atoms with E-state index in [9.17, 15) is 9.59 Å². The lowest BCUT2D eigenvalue weighted by atomic mass is 10.1. The van der Waals surface area contributed by atoms with Crippen LogP contribution in [0.15, 0.2) is 0 Å². The summed E-state index contributed by atoms with van der Waals surface area (Å²) in [4.78, 5) is 31.3. The molecule has 0 bridgehead atoms. The summed E-state index contributed by atoms with van der Waals surface area (Å²) in [5.41, 5.74) is 0. The summed E-state index contributed by atoms with van der Waals surface area (Å²) in [7, 11) is 0. The molecule has 1 saturated heterocycles. The first-order valence-electron chi connectivity index (χ1n) is 10.3. The van der Waals surface area contributed by atoms with Crippen LogP contribution >= 0.6 is 0 Å². The highest BCUT2D eigenvalue weighted by Crippen LogP contribution is 2.12. The molecule has 1 unspecified atom stereocenters. The van der Waals surface area contributed by atoms with E-state index in [2.05, 4.69) is 32.6 Å². The Morgan fingerprint density at radius 2 is 1.64 bits per heavy atom. The maximum Gasteiger partial charge on any atom is 0.224 e. The van der Waals surface area contributed by atoms with E-state index in [-0.39, 0.29) is 17.9 Å². The molecule has 5 nitrogen and oxygen atoms in total. The van der Waals surface area contributed by atoms with Crippen LogP contribution in [0.4, 0.5) is 0 Å². The van der Waals surface area contributed by atoms with Gasteiger partial charge >= 0.3 is 0 Å². The molecule has 0 spiro atoms. The van der Waals surface area contributed by atoms with Crippen LogP contribution in [0, 0.1) is 0 Å². The second-order valence-electron chi connectivity index (χ2n) is 7.22. The Kier molecular flexibility index (Phi) is 10.8. The molecule has 0 radical (unpaired) electrons. The molecule has 146 valence electrons. The Morgan fingerprint density at radius 1 is 0.960 bits per heavy atom. The molecular formula is C20H39N3O2. The van der Waals surface area contributed by atoms with Crippen molar-refractivity contribution in [1.29, 1.82) is 0 Å². The van der Waals surface area contributed by atoms with Gasteiger partial charge in [-0.15, -0.1) is 0 Å². The number of likely N-dealkylation sites (N-methyl/N-ethyl adjacent to an activating group) is 1. The van der Waals surface area contributed by atoms with Gasteiger partial charge in [-0.3, -0.25) is 9.59 Å². The zero-order chi connectivity index (χ0) is 18.7. The van der Waals surface area contributed by atoms with Gasteiger partial charge in [0.1, 0.15) is 0 Å². The molecule has 0 aromatic rings. The second-order valence-corrected chi connectivity index (χ2v) is 7.22. The van der Waals surface area contributed by atoms with Crippen molar-refractivity contribution in [2.45, 2.75) is 78.7 Å².